The first-order valence-corrected chi connectivity index (χ1v) is 11.1. The fraction of sp³-hybridized carbons (Fsp3) is 0.500. The zero-order valence-corrected chi connectivity index (χ0v) is 17.4. The van der Waals surface area contributed by atoms with Gasteiger partial charge in [0.25, 0.3) is 0 Å². The maximum atomic E-state index is 6.37. The summed E-state index contributed by atoms with van der Waals surface area (Å²) in [4.78, 5) is 5.09. The SMILES string of the molecule is C=C1CC/C=C\C2C(=C2OC2NCc3cc(N4CCN(CCC)CC4)ccc32)N1. The van der Waals surface area contributed by atoms with Gasteiger partial charge in [-0.1, -0.05) is 31.7 Å². The fourth-order valence-corrected chi connectivity index (χ4v) is 4.71. The van der Waals surface area contributed by atoms with E-state index in [1.165, 1.54) is 48.6 Å². The van der Waals surface area contributed by atoms with Gasteiger partial charge in [0.05, 0.1) is 11.6 Å². The van der Waals surface area contributed by atoms with Crippen LogP contribution >= 0.6 is 0 Å². The van der Waals surface area contributed by atoms with E-state index >= 15 is 0 Å². The van der Waals surface area contributed by atoms with Gasteiger partial charge in [-0.25, -0.2) is 0 Å². The molecule has 0 saturated carbocycles. The second-order valence-corrected chi connectivity index (χ2v) is 8.54. The Labute approximate surface area is 174 Å². The maximum absolute atomic E-state index is 6.37. The number of anilines is 1. The number of benzene rings is 1. The van der Waals surface area contributed by atoms with Gasteiger partial charge in [0, 0.05) is 49.7 Å². The smallest absolute Gasteiger partial charge is 0.176 e. The van der Waals surface area contributed by atoms with Crippen molar-refractivity contribution in [2.45, 2.75) is 39.0 Å². The normalized spacial score (nSPS) is 27.6. The van der Waals surface area contributed by atoms with E-state index in [-0.39, 0.29) is 6.23 Å². The number of hydrogen-bond donors (Lipinski definition) is 2. The third kappa shape index (κ3) is 3.81. The van der Waals surface area contributed by atoms with Crippen LogP contribution in [0, 0.1) is 5.92 Å². The van der Waals surface area contributed by atoms with Crippen molar-refractivity contribution >= 4 is 5.69 Å². The molecule has 1 aromatic rings. The van der Waals surface area contributed by atoms with Crippen molar-refractivity contribution in [3.05, 3.63) is 65.2 Å². The molecule has 0 spiro atoms. The molecule has 5 nitrogen and oxygen atoms in total. The first-order valence-electron chi connectivity index (χ1n) is 11.1. The molecule has 3 heterocycles. The van der Waals surface area contributed by atoms with Crippen LogP contribution in [0.3, 0.4) is 0 Å². The number of allylic oxidation sites excluding steroid dienone is 4. The highest BCUT2D eigenvalue weighted by molar-refractivity contribution is 5.53. The summed E-state index contributed by atoms with van der Waals surface area (Å²) in [6.45, 7) is 13.0. The number of fused-ring (bicyclic) bond motifs is 2. The van der Waals surface area contributed by atoms with Crippen LogP contribution in [-0.2, 0) is 11.3 Å². The summed E-state index contributed by atoms with van der Waals surface area (Å²) in [5.74, 6) is 1.36. The first kappa shape index (κ1) is 18.8. The molecule has 2 atom stereocenters. The molecule has 2 N–H and O–H groups in total. The van der Waals surface area contributed by atoms with Crippen molar-refractivity contribution in [3.8, 4) is 0 Å². The maximum Gasteiger partial charge on any atom is 0.176 e. The lowest BCUT2D eigenvalue weighted by Gasteiger charge is -2.36. The molecule has 154 valence electrons. The monoisotopic (exact) mass is 392 g/mol. The van der Waals surface area contributed by atoms with Crippen molar-refractivity contribution in [1.82, 2.24) is 15.5 Å². The lowest BCUT2D eigenvalue weighted by atomic mass is 10.1. The molecule has 0 amide bonds. The number of rotatable bonds is 5. The molecule has 1 saturated heterocycles. The van der Waals surface area contributed by atoms with Gasteiger partial charge in [-0.15, -0.1) is 0 Å². The number of hydrogen-bond acceptors (Lipinski definition) is 5. The van der Waals surface area contributed by atoms with Crippen LogP contribution in [0.1, 0.15) is 43.5 Å². The van der Waals surface area contributed by atoms with Gasteiger partial charge in [0.2, 0.25) is 0 Å². The van der Waals surface area contributed by atoms with Crippen LogP contribution in [0.15, 0.2) is 54.1 Å². The standard InChI is InChI=1S/C24H32N4O/c1-3-10-27-11-13-28(14-12-27)19-8-9-20-18(15-19)16-25-24(20)29-23-21-7-5-4-6-17(2)26-22(21)23/h5,7-9,15,21,24-26H,2-4,6,10-14,16H2,1H3/b7-5-. The Hall–Kier alpha value is -2.24. The van der Waals surface area contributed by atoms with Crippen molar-refractivity contribution in [3.63, 3.8) is 0 Å². The minimum absolute atomic E-state index is 0.0559. The van der Waals surface area contributed by atoms with E-state index in [0.717, 1.165) is 43.9 Å². The second-order valence-electron chi connectivity index (χ2n) is 8.54. The minimum atomic E-state index is -0.0559. The molecule has 0 bridgehead atoms. The molecule has 0 radical (unpaired) electrons. The average molecular weight is 393 g/mol. The van der Waals surface area contributed by atoms with Crippen LogP contribution < -0.4 is 15.5 Å². The number of nitrogens with one attached hydrogen (secondary N) is 2. The Bertz CT molecular complexity index is 850. The van der Waals surface area contributed by atoms with E-state index in [9.17, 15) is 0 Å². The van der Waals surface area contributed by atoms with E-state index < -0.39 is 0 Å². The highest BCUT2D eigenvalue weighted by Gasteiger charge is 2.40. The summed E-state index contributed by atoms with van der Waals surface area (Å²) in [6, 6.07) is 6.88. The van der Waals surface area contributed by atoms with E-state index in [4.69, 9.17) is 4.74 Å². The Kier molecular flexibility index (Phi) is 5.10. The van der Waals surface area contributed by atoms with Gasteiger partial charge in [-0.2, -0.15) is 0 Å². The Morgan fingerprint density at radius 2 is 2.07 bits per heavy atom. The average Bonchev–Trinajstić information content (AvgIpc) is 3.16. The molecule has 4 aliphatic rings. The van der Waals surface area contributed by atoms with Gasteiger partial charge in [0.15, 0.2) is 6.23 Å². The van der Waals surface area contributed by atoms with Gasteiger partial charge in [-0.3, -0.25) is 10.2 Å². The molecule has 1 fully saturated rings. The van der Waals surface area contributed by atoms with Crippen LogP contribution in [-0.4, -0.2) is 37.6 Å². The molecular weight excluding hydrogens is 360 g/mol. The highest BCUT2D eigenvalue weighted by atomic mass is 16.5. The number of nitrogens with zero attached hydrogens (tertiary/aromatic N) is 2. The molecule has 1 aromatic carbocycles. The highest BCUT2D eigenvalue weighted by Crippen LogP contribution is 2.44. The summed E-state index contributed by atoms with van der Waals surface area (Å²) in [5.41, 5.74) is 6.24. The Balaban J connectivity index is 1.25. The number of ether oxygens (including phenoxy) is 1. The molecule has 5 heteroatoms. The third-order valence-electron chi connectivity index (χ3n) is 6.44. The van der Waals surface area contributed by atoms with E-state index in [0.29, 0.717) is 5.92 Å². The summed E-state index contributed by atoms with van der Waals surface area (Å²) in [7, 11) is 0. The summed E-state index contributed by atoms with van der Waals surface area (Å²) < 4.78 is 6.37. The minimum Gasteiger partial charge on any atom is -0.473 e. The van der Waals surface area contributed by atoms with Gasteiger partial charge < -0.3 is 15.0 Å². The molecule has 5 rings (SSSR count). The van der Waals surface area contributed by atoms with E-state index in [1.807, 2.05) is 0 Å². The van der Waals surface area contributed by atoms with Crippen molar-refractivity contribution in [1.29, 1.82) is 0 Å². The van der Waals surface area contributed by atoms with Crippen molar-refractivity contribution in [2.24, 2.45) is 5.92 Å². The second kappa shape index (κ2) is 7.88. The lowest BCUT2D eigenvalue weighted by molar-refractivity contribution is 0.101. The van der Waals surface area contributed by atoms with Crippen molar-refractivity contribution in [2.75, 3.05) is 37.6 Å². The van der Waals surface area contributed by atoms with Crippen LogP contribution in [0.4, 0.5) is 5.69 Å². The molecule has 29 heavy (non-hydrogen) atoms. The largest absolute Gasteiger partial charge is 0.473 e. The zero-order chi connectivity index (χ0) is 19.8. The third-order valence-corrected chi connectivity index (χ3v) is 6.44. The van der Waals surface area contributed by atoms with E-state index in [1.54, 1.807) is 0 Å². The molecule has 3 aliphatic heterocycles. The zero-order valence-electron chi connectivity index (χ0n) is 17.4. The first-order chi connectivity index (χ1) is 14.2. The van der Waals surface area contributed by atoms with Gasteiger partial charge in [0.1, 0.15) is 5.76 Å². The van der Waals surface area contributed by atoms with Gasteiger partial charge >= 0.3 is 0 Å². The molecule has 0 aromatic heterocycles. The van der Waals surface area contributed by atoms with Crippen molar-refractivity contribution < 1.29 is 4.74 Å². The molecular formula is C24H32N4O. The summed E-state index contributed by atoms with van der Waals surface area (Å²) >= 11 is 0. The van der Waals surface area contributed by atoms with Gasteiger partial charge in [-0.05, 0) is 43.5 Å². The van der Waals surface area contributed by atoms with Crippen LogP contribution in [0.2, 0.25) is 0 Å². The predicted molar refractivity (Wildman–Crippen MR) is 117 cm³/mol. The Morgan fingerprint density at radius 1 is 1.21 bits per heavy atom. The lowest BCUT2D eigenvalue weighted by Crippen LogP contribution is -2.46. The topological polar surface area (TPSA) is 39.8 Å². The number of piperazine rings is 1. The fourth-order valence-electron chi connectivity index (χ4n) is 4.71. The quantitative estimate of drug-likeness (QED) is 0.749. The summed E-state index contributed by atoms with van der Waals surface area (Å²) in [5, 5.41) is 6.98. The Morgan fingerprint density at radius 3 is 2.90 bits per heavy atom. The molecule has 1 aliphatic carbocycles. The van der Waals surface area contributed by atoms with Crippen LogP contribution in [0.5, 0.6) is 0 Å². The molecule has 2 unspecified atom stereocenters. The predicted octanol–water partition coefficient (Wildman–Crippen LogP) is 3.63. The summed E-state index contributed by atoms with van der Waals surface area (Å²) in [6.07, 6.45) is 7.71. The van der Waals surface area contributed by atoms with Crippen LogP contribution in [0.25, 0.3) is 0 Å². The van der Waals surface area contributed by atoms with E-state index in [2.05, 4.69) is 64.3 Å².